The van der Waals surface area contributed by atoms with E-state index in [1.807, 2.05) is 0 Å². The van der Waals surface area contributed by atoms with Crippen LogP contribution in [0.25, 0.3) is 0 Å². The van der Waals surface area contributed by atoms with E-state index in [0.717, 1.165) is 12.1 Å². The third-order valence-electron chi connectivity index (χ3n) is 2.85. The highest BCUT2D eigenvalue weighted by Gasteiger charge is 2.12. The van der Waals surface area contributed by atoms with Gasteiger partial charge in [0, 0.05) is 18.2 Å². The van der Waals surface area contributed by atoms with Crippen LogP contribution in [0.3, 0.4) is 0 Å². The van der Waals surface area contributed by atoms with Crippen LogP contribution in [0.1, 0.15) is 5.56 Å². The van der Waals surface area contributed by atoms with Gasteiger partial charge in [0.1, 0.15) is 17.3 Å². The van der Waals surface area contributed by atoms with Gasteiger partial charge < -0.3 is 5.32 Å². The standard InChI is InChI=1S/C14H12F2N2O2/c15-11-5-3-6-12(16)14(11)17-9-8-10-4-1-2-7-13(10)18(19)20/h1-7,17H,8-9H2. The van der Waals surface area contributed by atoms with Crippen LogP contribution < -0.4 is 5.32 Å². The van der Waals surface area contributed by atoms with Crippen LogP contribution in [-0.2, 0) is 6.42 Å². The first-order chi connectivity index (χ1) is 9.59. The van der Waals surface area contributed by atoms with E-state index in [1.165, 1.54) is 12.1 Å². The molecule has 0 fully saturated rings. The molecule has 0 heterocycles. The van der Waals surface area contributed by atoms with Crippen LogP contribution >= 0.6 is 0 Å². The molecule has 0 aliphatic heterocycles. The molecule has 6 heteroatoms. The Morgan fingerprint density at radius 3 is 2.35 bits per heavy atom. The first-order valence-corrected chi connectivity index (χ1v) is 6.00. The average Bonchev–Trinajstić information content (AvgIpc) is 2.42. The third kappa shape index (κ3) is 3.09. The molecule has 20 heavy (non-hydrogen) atoms. The predicted octanol–water partition coefficient (Wildman–Crippen LogP) is 3.53. The molecular formula is C14H12F2N2O2. The van der Waals surface area contributed by atoms with Gasteiger partial charge in [-0.15, -0.1) is 0 Å². The highest BCUT2D eigenvalue weighted by Crippen LogP contribution is 2.20. The van der Waals surface area contributed by atoms with Gasteiger partial charge in [0.25, 0.3) is 5.69 Å². The number of para-hydroxylation sites is 2. The zero-order valence-corrected chi connectivity index (χ0v) is 10.5. The second kappa shape index (κ2) is 6.10. The van der Waals surface area contributed by atoms with E-state index in [9.17, 15) is 18.9 Å². The van der Waals surface area contributed by atoms with Crippen LogP contribution in [0.15, 0.2) is 42.5 Å². The van der Waals surface area contributed by atoms with E-state index in [2.05, 4.69) is 5.32 Å². The molecule has 2 rings (SSSR count). The molecule has 0 saturated carbocycles. The zero-order chi connectivity index (χ0) is 14.5. The Kier molecular flexibility index (Phi) is 4.24. The topological polar surface area (TPSA) is 55.2 Å². The monoisotopic (exact) mass is 278 g/mol. The maximum Gasteiger partial charge on any atom is 0.272 e. The Balaban J connectivity index is 2.05. The Labute approximate surface area is 114 Å². The lowest BCUT2D eigenvalue weighted by atomic mass is 10.1. The zero-order valence-electron chi connectivity index (χ0n) is 10.5. The van der Waals surface area contributed by atoms with E-state index >= 15 is 0 Å². The molecule has 0 saturated heterocycles. The van der Waals surface area contributed by atoms with Crippen molar-refractivity contribution in [3.63, 3.8) is 0 Å². The fourth-order valence-electron chi connectivity index (χ4n) is 1.89. The number of nitro benzene ring substituents is 1. The maximum absolute atomic E-state index is 13.4. The number of anilines is 1. The number of hydrogen-bond acceptors (Lipinski definition) is 3. The predicted molar refractivity (Wildman–Crippen MR) is 71.6 cm³/mol. The second-order valence-electron chi connectivity index (χ2n) is 4.16. The summed E-state index contributed by atoms with van der Waals surface area (Å²) < 4.78 is 26.7. The number of hydrogen-bond donors (Lipinski definition) is 1. The van der Waals surface area contributed by atoms with E-state index < -0.39 is 16.6 Å². The van der Waals surface area contributed by atoms with Gasteiger partial charge in [0.05, 0.1) is 4.92 Å². The summed E-state index contributed by atoms with van der Waals surface area (Å²) in [5.74, 6) is -1.37. The number of nitrogens with one attached hydrogen (secondary N) is 1. The lowest BCUT2D eigenvalue weighted by molar-refractivity contribution is -0.385. The summed E-state index contributed by atoms with van der Waals surface area (Å²) in [5.41, 5.74) is 0.302. The van der Waals surface area contributed by atoms with Gasteiger partial charge >= 0.3 is 0 Å². The molecule has 2 aromatic rings. The van der Waals surface area contributed by atoms with Gasteiger partial charge in [-0.3, -0.25) is 10.1 Å². The van der Waals surface area contributed by atoms with E-state index in [0.29, 0.717) is 12.0 Å². The van der Waals surface area contributed by atoms with Crippen molar-refractivity contribution in [3.05, 3.63) is 69.8 Å². The molecule has 0 unspecified atom stereocenters. The molecule has 0 aliphatic carbocycles. The van der Waals surface area contributed by atoms with Crippen LogP contribution in [-0.4, -0.2) is 11.5 Å². The van der Waals surface area contributed by atoms with Crippen molar-refractivity contribution in [2.24, 2.45) is 0 Å². The highest BCUT2D eigenvalue weighted by atomic mass is 19.1. The molecule has 0 amide bonds. The number of benzene rings is 2. The second-order valence-corrected chi connectivity index (χ2v) is 4.16. The van der Waals surface area contributed by atoms with E-state index in [1.54, 1.807) is 18.2 Å². The Morgan fingerprint density at radius 1 is 1.05 bits per heavy atom. The molecule has 0 atom stereocenters. The summed E-state index contributed by atoms with van der Waals surface area (Å²) >= 11 is 0. The average molecular weight is 278 g/mol. The van der Waals surface area contributed by atoms with Gasteiger partial charge in [0.2, 0.25) is 0 Å². The van der Waals surface area contributed by atoms with Gasteiger partial charge in [-0.25, -0.2) is 8.78 Å². The van der Waals surface area contributed by atoms with Crippen LogP contribution in [0.4, 0.5) is 20.2 Å². The molecule has 2 aromatic carbocycles. The SMILES string of the molecule is O=[N+]([O-])c1ccccc1CCNc1c(F)cccc1F. The lowest BCUT2D eigenvalue weighted by Crippen LogP contribution is -2.09. The largest absolute Gasteiger partial charge is 0.380 e. The number of rotatable bonds is 5. The molecule has 0 radical (unpaired) electrons. The molecule has 4 nitrogen and oxygen atoms in total. The van der Waals surface area contributed by atoms with E-state index in [4.69, 9.17) is 0 Å². The van der Waals surface area contributed by atoms with Gasteiger partial charge in [0.15, 0.2) is 0 Å². The van der Waals surface area contributed by atoms with Gasteiger partial charge in [-0.2, -0.15) is 0 Å². The summed E-state index contributed by atoms with van der Waals surface area (Å²) in [7, 11) is 0. The molecule has 1 N–H and O–H groups in total. The van der Waals surface area contributed by atoms with Crippen LogP contribution in [0, 0.1) is 21.7 Å². The van der Waals surface area contributed by atoms with Crippen molar-refractivity contribution < 1.29 is 13.7 Å². The normalized spacial score (nSPS) is 10.3. The summed E-state index contributed by atoms with van der Waals surface area (Å²) in [4.78, 5) is 10.4. The first kappa shape index (κ1) is 13.9. The van der Waals surface area contributed by atoms with Crippen LogP contribution in [0.2, 0.25) is 0 Å². The molecular weight excluding hydrogens is 266 g/mol. The van der Waals surface area contributed by atoms with Gasteiger partial charge in [-0.1, -0.05) is 24.3 Å². The molecule has 0 aliphatic rings. The first-order valence-electron chi connectivity index (χ1n) is 6.00. The van der Waals surface area contributed by atoms with Crippen molar-refractivity contribution in [1.29, 1.82) is 0 Å². The summed E-state index contributed by atoms with van der Waals surface area (Å²) in [6.45, 7) is 0.197. The number of nitrogens with zero attached hydrogens (tertiary/aromatic N) is 1. The Morgan fingerprint density at radius 2 is 1.70 bits per heavy atom. The fraction of sp³-hybridized carbons (Fsp3) is 0.143. The summed E-state index contributed by atoms with van der Waals surface area (Å²) in [6, 6.07) is 9.86. The fourth-order valence-corrected chi connectivity index (χ4v) is 1.89. The van der Waals surface area contributed by atoms with Crippen molar-refractivity contribution in [2.45, 2.75) is 6.42 Å². The number of nitro groups is 1. The molecule has 0 bridgehead atoms. The lowest BCUT2D eigenvalue weighted by Gasteiger charge is -2.08. The van der Waals surface area contributed by atoms with E-state index in [-0.39, 0.29) is 17.9 Å². The molecule has 0 aromatic heterocycles. The maximum atomic E-state index is 13.4. The minimum Gasteiger partial charge on any atom is -0.380 e. The number of halogens is 2. The van der Waals surface area contributed by atoms with Crippen LogP contribution in [0.5, 0.6) is 0 Å². The molecule has 104 valence electrons. The minimum absolute atomic E-state index is 0.00306. The quantitative estimate of drug-likeness (QED) is 0.672. The minimum atomic E-state index is -0.687. The Hall–Kier alpha value is -2.50. The summed E-state index contributed by atoms with van der Waals surface area (Å²) in [5, 5.41) is 13.5. The molecule has 0 spiro atoms. The Bertz CT molecular complexity index is 612. The highest BCUT2D eigenvalue weighted by molar-refractivity contribution is 5.47. The third-order valence-corrected chi connectivity index (χ3v) is 2.85. The van der Waals surface area contributed by atoms with Crippen molar-refractivity contribution in [2.75, 3.05) is 11.9 Å². The van der Waals surface area contributed by atoms with Crippen molar-refractivity contribution >= 4 is 11.4 Å². The van der Waals surface area contributed by atoms with Crippen molar-refractivity contribution in [3.8, 4) is 0 Å². The van der Waals surface area contributed by atoms with Gasteiger partial charge in [-0.05, 0) is 18.6 Å². The van der Waals surface area contributed by atoms with Crippen molar-refractivity contribution in [1.82, 2.24) is 0 Å². The summed E-state index contributed by atoms with van der Waals surface area (Å²) in [6.07, 6.45) is 0.297. The smallest absolute Gasteiger partial charge is 0.272 e.